The van der Waals surface area contributed by atoms with Crippen molar-refractivity contribution < 1.29 is 12.6 Å². The second kappa shape index (κ2) is 7.74. The Balaban J connectivity index is 1.53. The Morgan fingerprint density at radius 1 is 0.931 bits per heavy atom. The number of fused-ring (bicyclic) bond motifs is 2. The fourth-order valence-corrected chi connectivity index (χ4v) is 7.47. The maximum atomic E-state index is 13.2. The number of nitrogens with zero attached hydrogens (tertiary/aromatic N) is 2. The van der Waals surface area contributed by atoms with Gasteiger partial charge in [0, 0.05) is 51.9 Å². The molecule has 29 heavy (non-hydrogen) atoms. The van der Waals surface area contributed by atoms with Crippen molar-refractivity contribution in [3.05, 3.63) is 59.2 Å². The van der Waals surface area contributed by atoms with Crippen molar-refractivity contribution in [1.82, 2.24) is 8.61 Å². The zero-order valence-corrected chi connectivity index (χ0v) is 19.2. The predicted octanol–water partition coefficient (Wildman–Crippen LogP) is 3.01. The summed E-state index contributed by atoms with van der Waals surface area (Å²) in [5, 5.41) is -0.618. The summed E-state index contributed by atoms with van der Waals surface area (Å²) in [7, 11) is -5.78. The third kappa shape index (κ3) is 4.14. The van der Waals surface area contributed by atoms with E-state index in [1.165, 1.54) is 25.2 Å². The molecule has 0 aromatic heterocycles. The first kappa shape index (κ1) is 20.9. The summed E-state index contributed by atoms with van der Waals surface area (Å²) in [5.41, 5.74) is 3.29. The van der Waals surface area contributed by atoms with Crippen LogP contribution in [-0.4, -0.2) is 59.5 Å². The van der Waals surface area contributed by atoms with E-state index in [9.17, 15) is 12.6 Å². The number of hydrogen-bond donors (Lipinski definition) is 0. The molecule has 156 valence electrons. The highest BCUT2D eigenvalue weighted by atomic mass is 32.2. The second-order valence-electron chi connectivity index (χ2n) is 7.73. The van der Waals surface area contributed by atoms with Crippen LogP contribution in [-0.2, 0) is 26.2 Å². The standard InChI is InChI=1S/C21H26N2O3S3/c1-16(29(25,26)23-12-10-22(11-13-23)28(2,3)24)17-8-9-21-19(14-17)15-18-6-4-5-7-20(18)27-21/h4-9,14,16H,2,10-13,15H2,1,3H3. The van der Waals surface area contributed by atoms with Crippen LogP contribution in [0.3, 0.4) is 0 Å². The molecule has 4 rings (SSSR count). The van der Waals surface area contributed by atoms with E-state index in [1.807, 2.05) is 30.3 Å². The van der Waals surface area contributed by atoms with Crippen molar-refractivity contribution in [1.29, 1.82) is 0 Å². The van der Waals surface area contributed by atoms with Crippen LogP contribution in [0, 0.1) is 0 Å². The van der Waals surface area contributed by atoms with E-state index in [0.29, 0.717) is 26.2 Å². The van der Waals surface area contributed by atoms with Crippen molar-refractivity contribution in [2.45, 2.75) is 28.4 Å². The SMILES string of the molecule is C=S(C)(=O)N1CCN(S(=O)(=O)C(C)c2ccc3c(c2)Cc2ccccc2S3)CC1. The summed E-state index contributed by atoms with van der Waals surface area (Å²) in [6, 6.07) is 14.4. The molecule has 0 radical (unpaired) electrons. The first-order chi connectivity index (χ1) is 13.7. The van der Waals surface area contributed by atoms with Gasteiger partial charge in [-0.15, -0.1) is 0 Å². The van der Waals surface area contributed by atoms with Gasteiger partial charge in [0.2, 0.25) is 10.0 Å². The lowest BCUT2D eigenvalue weighted by molar-refractivity contribution is 0.280. The predicted molar refractivity (Wildman–Crippen MR) is 121 cm³/mol. The molecule has 5 nitrogen and oxygen atoms in total. The fourth-order valence-electron chi connectivity index (χ4n) is 3.87. The van der Waals surface area contributed by atoms with Gasteiger partial charge in [0.15, 0.2) is 0 Å². The van der Waals surface area contributed by atoms with Crippen LogP contribution < -0.4 is 0 Å². The lowest BCUT2D eigenvalue weighted by atomic mass is 10.0. The molecule has 2 unspecified atom stereocenters. The highest BCUT2D eigenvalue weighted by Crippen LogP contribution is 2.41. The molecule has 0 saturated carbocycles. The molecule has 0 spiro atoms. The summed E-state index contributed by atoms with van der Waals surface area (Å²) < 4.78 is 41.9. The monoisotopic (exact) mass is 450 g/mol. The van der Waals surface area contributed by atoms with E-state index in [4.69, 9.17) is 0 Å². The normalized spacial score (nSPS) is 21.0. The smallest absolute Gasteiger partial charge is 0.220 e. The van der Waals surface area contributed by atoms with Gasteiger partial charge in [-0.1, -0.05) is 42.1 Å². The third-order valence-electron chi connectivity index (χ3n) is 5.68. The van der Waals surface area contributed by atoms with Gasteiger partial charge in [0.1, 0.15) is 0 Å². The summed E-state index contributed by atoms with van der Waals surface area (Å²) in [6.07, 6.45) is 2.43. The lowest BCUT2D eigenvalue weighted by Gasteiger charge is -2.35. The number of rotatable bonds is 4. The molecule has 8 heteroatoms. The number of hydrogen-bond acceptors (Lipinski definition) is 4. The maximum Gasteiger partial charge on any atom is 0.220 e. The van der Waals surface area contributed by atoms with Crippen LogP contribution in [0.15, 0.2) is 52.3 Å². The van der Waals surface area contributed by atoms with Crippen molar-refractivity contribution in [2.24, 2.45) is 0 Å². The quantitative estimate of drug-likeness (QED) is 0.574. The zero-order chi connectivity index (χ0) is 20.8. The van der Waals surface area contributed by atoms with Crippen molar-refractivity contribution in [2.75, 3.05) is 32.4 Å². The molecule has 2 heterocycles. The van der Waals surface area contributed by atoms with Gasteiger partial charge in [0.25, 0.3) is 0 Å². The van der Waals surface area contributed by atoms with E-state index < -0.39 is 25.0 Å². The molecule has 0 N–H and O–H groups in total. The van der Waals surface area contributed by atoms with Crippen LogP contribution in [0.5, 0.6) is 0 Å². The minimum atomic E-state index is -3.48. The van der Waals surface area contributed by atoms with Crippen LogP contribution in [0.2, 0.25) is 0 Å². The van der Waals surface area contributed by atoms with Gasteiger partial charge in [-0.3, -0.25) is 4.21 Å². The van der Waals surface area contributed by atoms with E-state index >= 15 is 0 Å². The van der Waals surface area contributed by atoms with Gasteiger partial charge in [-0.05, 0) is 48.0 Å². The Labute approximate surface area is 178 Å². The lowest BCUT2D eigenvalue weighted by Crippen LogP contribution is -2.50. The highest BCUT2D eigenvalue weighted by molar-refractivity contribution is 7.99. The topological polar surface area (TPSA) is 57.7 Å². The Bertz CT molecular complexity index is 1140. The summed E-state index contributed by atoms with van der Waals surface area (Å²) >= 11 is 1.74. The van der Waals surface area contributed by atoms with E-state index in [-0.39, 0.29) is 0 Å². The first-order valence-electron chi connectivity index (χ1n) is 9.61. The fraction of sp³-hybridized carbons (Fsp3) is 0.381. The molecule has 0 bridgehead atoms. The average molecular weight is 451 g/mol. The van der Waals surface area contributed by atoms with E-state index in [2.05, 4.69) is 18.0 Å². The molecular weight excluding hydrogens is 424 g/mol. The number of benzene rings is 2. The van der Waals surface area contributed by atoms with Crippen molar-refractivity contribution in [3.63, 3.8) is 0 Å². The Morgan fingerprint density at radius 2 is 1.55 bits per heavy atom. The Kier molecular flexibility index (Phi) is 5.59. The minimum Gasteiger partial charge on any atom is -0.253 e. The Morgan fingerprint density at radius 3 is 2.24 bits per heavy atom. The molecule has 2 aromatic carbocycles. The van der Waals surface area contributed by atoms with E-state index in [1.54, 1.807) is 29.2 Å². The van der Waals surface area contributed by atoms with Crippen molar-refractivity contribution in [3.8, 4) is 0 Å². The van der Waals surface area contributed by atoms with Gasteiger partial charge in [-0.25, -0.2) is 12.7 Å². The summed E-state index contributed by atoms with van der Waals surface area (Å²) in [5.74, 6) is 3.70. The molecule has 2 aromatic rings. The molecule has 1 saturated heterocycles. The maximum absolute atomic E-state index is 13.2. The molecule has 0 amide bonds. The molecule has 1 fully saturated rings. The van der Waals surface area contributed by atoms with Gasteiger partial charge < -0.3 is 0 Å². The van der Waals surface area contributed by atoms with Gasteiger partial charge in [-0.2, -0.15) is 4.31 Å². The second-order valence-corrected chi connectivity index (χ2v) is 13.5. The Hall–Kier alpha value is -1.32. The molecule has 2 atom stereocenters. The number of sulfonamides is 1. The molecule has 2 aliphatic heterocycles. The third-order valence-corrected chi connectivity index (χ3v) is 10.6. The molecule has 0 aliphatic carbocycles. The summed E-state index contributed by atoms with van der Waals surface area (Å²) in [6.45, 7) is 3.35. The van der Waals surface area contributed by atoms with Crippen molar-refractivity contribution >= 4 is 37.4 Å². The average Bonchev–Trinajstić information content (AvgIpc) is 2.70. The first-order valence-corrected chi connectivity index (χ1v) is 14.0. The highest BCUT2D eigenvalue weighted by Gasteiger charge is 2.34. The van der Waals surface area contributed by atoms with E-state index in [0.717, 1.165) is 12.0 Å². The molecule has 2 aliphatic rings. The zero-order valence-electron chi connectivity index (χ0n) is 16.7. The molecular formula is C21H26N2O3S3. The van der Waals surface area contributed by atoms with Crippen LogP contribution in [0.1, 0.15) is 28.9 Å². The van der Waals surface area contributed by atoms with Crippen LogP contribution >= 0.6 is 11.8 Å². The van der Waals surface area contributed by atoms with Crippen LogP contribution in [0.25, 0.3) is 0 Å². The summed E-state index contributed by atoms with van der Waals surface area (Å²) in [4.78, 5) is 2.46. The van der Waals surface area contributed by atoms with Crippen LogP contribution in [0.4, 0.5) is 0 Å². The number of piperazine rings is 1. The van der Waals surface area contributed by atoms with Gasteiger partial charge >= 0.3 is 0 Å². The van der Waals surface area contributed by atoms with Gasteiger partial charge in [0.05, 0.1) is 5.25 Å². The minimum absolute atomic E-state index is 0.348. The largest absolute Gasteiger partial charge is 0.253 e.